The molecule has 1 aliphatic rings. The fourth-order valence-corrected chi connectivity index (χ4v) is 3.47. The molecule has 2 aromatic rings. The van der Waals surface area contributed by atoms with E-state index in [2.05, 4.69) is 53.8 Å². The summed E-state index contributed by atoms with van der Waals surface area (Å²) in [5.41, 5.74) is 2.52. The molecule has 0 aromatic heterocycles. The predicted octanol–water partition coefficient (Wildman–Crippen LogP) is 3.37. The summed E-state index contributed by atoms with van der Waals surface area (Å²) in [6.45, 7) is 1.77. The average molecular weight is 338 g/mol. The van der Waals surface area contributed by atoms with Crippen LogP contribution in [0.4, 0.5) is 4.79 Å². The number of aliphatic hydroxyl groups is 1. The Labute approximate surface area is 149 Å². The molecule has 2 amide bonds. The molecule has 0 spiro atoms. The number of urea groups is 1. The number of likely N-dealkylation sites (tertiary alicyclic amines) is 1. The Morgan fingerprint density at radius 1 is 1.08 bits per heavy atom. The van der Waals surface area contributed by atoms with Gasteiger partial charge < -0.3 is 15.3 Å². The van der Waals surface area contributed by atoms with E-state index in [0.29, 0.717) is 13.1 Å². The molecule has 132 valence electrons. The minimum Gasteiger partial charge on any atom is -0.391 e. The van der Waals surface area contributed by atoms with Gasteiger partial charge in [-0.1, -0.05) is 60.7 Å². The summed E-state index contributed by atoms with van der Waals surface area (Å²) in [7, 11) is 0. The van der Waals surface area contributed by atoms with Gasteiger partial charge in [0.25, 0.3) is 0 Å². The first kappa shape index (κ1) is 17.5. The monoisotopic (exact) mass is 338 g/mol. The van der Waals surface area contributed by atoms with Crippen molar-refractivity contribution in [3.8, 4) is 0 Å². The summed E-state index contributed by atoms with van der Waals surface area (Å²) in [5, 5.41) is 12.7. The second-order valence-electron chi connectivity index (χ2n) is 6.64. The summed E-state index contributed by atoms with van der Waals surface area (Å²) in [5.74, 6) is 0.259. The van der Waals surface area contributed by atoms with Crippen LogP contribution in [0.15, 0.2) is 60.7 Å². The van der Waals surface area contributed by atoms with E-state index in [1.54, 1.807) is 4.90 Å². The zero-order valence-corrected chi connectivity index (χ0v) is 14.5. The van der Waals surface area contributed by atoms with Crippen molar-refractivity contribution >= 4 is 6.03 Å². The lowest BCUT2D eigenvalue weighted by atomic mass is 9.88. The van der Waals surface area contributed by atoms with Gasteiger partial charge in [0.05, 0.1) is 6.10 Å². The quantitative estimate of drug-likeness (QED) is 0.878. The summed E-state index contributed by atoms with van der Waals surface area (Å²) in [6.07, 6.45) is 2.11. The maximum absolute atomic E-state index is 12.3. The molecule has 1 fully saturated rings. The number of carbonyl (C=O) groups is 1. The zero-order valence-electron chi connectivity index (χ0n) is 14.5. The van der Waals surface area contributed by atoms with Crippen molar-refractivity contribution in [2.75, 3.05) is 19.6 Å². The molecule has 1 atom stereocenters. The Kier molecular flexibility index (Phi) is 6.07. The van der Waals surface area contributed by atoms with Crippen LogP contribution in [0.5, 0.6) is 0 Å². The molecule has 4 heteroatoms. The van der Waals surface area contributed by atoms with Gasteiger partial charge in [0, 0.05) is 25.6 Å². The van der Waals surface area contributed by atoms with Gasteiger partial charge in [-0.05, 0) is 30.4 Å². The first-order valence-corrected chi connectivity index (χ1v) is 9.05. The number of benzene rings is 2. The van der Waals surface area contributed by atoms with Crippen LogP contribution < -0.4 is 5.32 Å². The number of amides is 2. The first-order chi connectivity index (χ1) is 12.2. The van der Waals surface area contributed by atoms with Crippen LogP contribution in [0.3, 0.4) is 0 Å². The number of rotatable bonds is 5. The molecule has 1 heterocycles. The fourth-order valence-electron chi connectivity index (χ4n) is 3.47. The van der Waals surface area contributed by atoms with Crippen LogP contribution in [-0.4, -0.2) is 41.8 Å². The van der Waals surface area contributed by atoms with E-state index >= 15 is 0 Å². The molecule has 2 N–H and O–H groups in total. The van der Waals surface area contributed by atoms with Crippen molar-refractivity contribution in [3.05, 3.63) is 71.8 Å². The topological polar surface area (TPSA) is 52.6 Å². The second-order valence-corrected chi connectivity index (χ2v) is 6.64. The number of β-amino-alcohol motifs (C(OH)–C–C–N with tert-alkyl or cyclic N) is 1. The lowest BCUT2D eigenvalue weighted by Crippen LogP contribution is -2.47. The van der Waals surface area contributed by atoms with Gasteiger partial charge in [-0.25, -0.2) is 4.79 Å². The summed E-state index contributed by atoms with van der Waals surface area (Å²) in [6, 6.07) is 20.8. The highest BCUT2D eigenvalue weighted by Crippen LogP contribution is 2.27. The first-order valence-electron chi connectivity index (χ1n) is 9.05. The number of hydrogen-bond acceptors (Lipinski definition) is 2. The summed E-state index contributed by atoms with van der Waals surface area (Å²) < 4.78 is 0. The van der Waals surface area contributed by atoms with Crippen molar-refractivity contribution in [3.63, 3.8) is 0 Å². The Morgan fingerprint density at radius 3 is 2.24 bits per heavy atom. The third-order valence-corrected chi connectivity index (χ3v) is 4.80. The third kappa shape index (κ3) is 4.83. The van der Waals surface area contributed by atoms with E-state index in [1.165, 1.54) is 11.1 Å². The Balaban J connectivity index is 1.60. The van der Waals surface area contributed by atoms with Gasteiger partial charge >= 0.3 is 6.03 Å². The predicted molar refractivity (Wildman–Crippen MR) is 99.6 cm³/mol. The average Bonchev–Trinajstić information content (AvgIpc) is 2.66. The molecule has 3 rings (SSSR count). The van der Waals surface area contributed by atoms with Crippen molar-refractivity contribution in [1.82, 2.24) is 10.2 Å². The van der Waals surface area contributed by atoms with Crippen molar-refractivity contribution < 1.29 is 9.90 Å². The van der Waals surface area contributed by atoms with E-state index in [4.69, 9.17) is 0 Å². The molecule has 2 aromatic carbocycles. The van der Waals surface area contributed by atoms with Crippen molar-refractivity contribution in [2.24, 2.45) is 0 Å². The number of piperidine rings is 1. The minimum atomic E-state index is -0.388. The number of nitrogens with zero attached hydrogens (tertiary/aromatic N) is 1. The van der Waals surface area contributed by atoms with Gasteiger partial charge in [0.2, 0.25) is 0 Å². The lowest BCUT2D eigenvalue weighted by Gasteiger charge is -2.30. The van der Waals surface area contributed by atoms with Crippen LogP contribution >= 0.6 is 0 Å². The number of aliphatic hydroxyl groups excluding tert-OH is 1. The van der Waals surface area contributed by atoms with Gasteiger partial charge in [0.1, 0.15) is 0 Å². The molecule has 0 saturated carbocycles. The van der Waals surface area contributed by atoms with Crippen LogP contribution in [0.2, 0.25) is 0 Å². The van der Waals surface area contributed by atoms with Crippen molar-refractivity contribution in [1.29, 1.82) is 0 Å². The second kappa shape index (κ2) is 8.67. The Morgan fingerprint density at radius 2 is 1.68 bits per heavy atom. The van der Waals surface area contributed by atoms with E-state index in [9.17, 15) is 9.90 Å². The standard InChI is InChI=1S/C21H26N2O2/c24-19-12-7-15-23(16-19)21(25)22-14-13-20(17-8-3-1-4-9-17)18-10-5-2-6-11-18/h1-6,8-11,19-20,24H,7,12-16H2,(H,22,25)/t19-/m0/s1. The smallest absolute Gasteiger partial charge is 0.317 e. The van der Waals surface area contributed by atoms with E-state index in [1.807, 2.05) is 12.1 Å². The lowest BCUT2D eigenvalue weighted by molar-refractivity contribution is 0.0843. The van der Waals surface area contributed by atoms with Crippen LogP contribution in [-0.2, 0) is 0 Å². The summed E-state index contributed by atoms with van der Waals surface area (Å²) >= 11 is 0. The highest BCUT2D eigenvalue weighted by molar-refractivity contribution is 5.74. The van der Waals surface area contributed by atoms with Gasteiger partial charge in [-0.3, -0.25) is 0 Å². The molecular weight excluding hydrogens is 312 g/mol. The largest absolute Gasteiger partial charge is 0.391 e. The Hall–Kier alpha value is -2.33. The Bertz CT molecular complexity index is 621. The molecule has 0 unspecified atom stereocenters. The zero-order chi connectivity index (χ0) is 17.5. The maximum Gasteiger partial charge on any atom is 0.317 e. The minimum absolute atomic E-state index is 0.0707. The van der Waals surface area contributed by atoms with Gasteiger partial charge in [-0.2, -0.15) is 0 Å². The van der Waals surface area contributed by atoms with E-state index < -0.39 is 0 Å². The number of nitrogens with one attached hydrogen (secondary N) is 1. The maximum atomic E-state index is 12.3. The molecule has 0 bridgehead atoms. The summed E-state index contributed by atoms with van der Waals surface area (Å²) in [4.78, 5) is 14.0. The van der Waals surface area contributed by atoms with E-state index in [0.717, 1.165) is 25.8 Å². The van der Waals surface area contributed by atoms with Crippen LogP contribution in [0, 0.1) is 0 Å². The van der Waals surface area contributed by atoms with Crippen LogP contribution in [0.25, 0.3) is 0 Å². The molecule has 0 aliphatic carbocycles. The SMILES string of the molecule is O=C(NCCC(c1ccccc1)c1ccccc1)N1CCC[C@H](O)C1. The molecule has 1 saturated heterocycles. The normalized spacial score (nSPS) is 17.5. The number of hydrogen-bond donors (Lipinski definition) is 2. The molecular formula is C21H26N2O2. The number of carbonyl (C=O) groups excluding carboxylic acids is 1. The fraction of sp³-hybridized carbons (Fsp3) is 0.381. The van der Waals surface area contributed by atoms with Gasteiger partial charge in [0.15, 0.2) is 0 Å². The van der Waals surface area contributed by atoms with E-state index in [-0.39, 0.29) is 18.1 Å². The van der Waals surface area contributed by atoms with Crippen LogP contribution in [0.1, 0.15) is 36.3 Å². The van der Waals surface area contributed by atoms with Gasteiger partial charge in [-0.15, -0.1) is 0 Å². The third-order valence-electron chi connectivity index (χ3n) is 4.80. The highest BCUT2D eigenvalue weighted by Gasteiger charge is 2.22. The highest BCUT2D eigenvalue weighted by atomic mass is 16.3. The molecule has 0 radical (unpaired) electrons. The van der Waals surface area contributed by atoms with Crippen molar-refractivity contribution in [2.45, 2.75) is 31.3 Å². The molecule has 25 heavy (non-hydrogen) atoms. The molecule has 1 aliphatic heterocycles. The molecule has 4 nitrogen and oxygen atoms in total.